The number of amides is 2. The van der Waals surface area contributed by atoms with E-state index in [1.807, 2.05) is 6.07 Å². The van der Waals surface area contributed by atoms with Crippen molar-refractivity contribution in [1.29, 1.82) is 0 Å². The van der Waals surface area contributed by atoms with Crippen LogP contribution in [-0.4, -0.2) is 16.8 Å². The standard InChI is InChI=1S/C20H13FN2O3/c21-17-11-14(8-9-18(17)26-12-13-5-3-4-10-22-13)23-19(24)15-6-1-2-7-16(15)20(23)25/h1-11H,12H2. The Morgan fingerprint density at radius 3 is 2.23 bits per heavy atom. The topological polar surface area (TPSA) is 59.5 Å². The first-order valence-electron chi connectivity index (χ1n) is 7.95. The summed E-state index contributed by atoms with van der Waals surface area (Å²) in [6, 6.07) is 15.9. The SMILES string of the molecule is O=C1c2ccccc2C(=O)N1c1ccc(OCc2ccccn2)c(F)c1. The fraction of sp³-hybridized carbons (Fsp3) is 0.0500. The average Bonchev–Trinajstić information content (AvgIpc) is 2.93. The molecule has 26 heavy (non-hydrogen) atoms. The van der Waals surface area contributed by atoms with Crippen LogP contribution in [0.3, 0.4) is 0 Å². The Morgan fingerprint density at radius 1 is 0.923 bits per heavy atom. The zero-order valence-corrected chi connectivity index (χ0v) is 13.6. The maximum atomic E-state index is 14.4. The second-order valence-electron chi connectivity index (χ2n) is 5.72. The lowest BCUT2D eigenvalue weighted by Crippen LogP contribution is -2.29. The first-order valence-corrected chi connectivity index (χ1v) is 7.95. The molecule has 2 aromatic carbocycles. The molecule has 0 radical (unpaired) electrons. The van der Waals surface area contributed by atoms with Crippen LogP contribution < -0.4 is 9.64 Å². The van der Waals surface area contributed by atoms with E-state index in [4.69, 9.17) is 4.74 Å². The van der Waals surface area contributed by atoms with Crippen LogP contribution in [0.4, 0.5) is 10.1 Å². The highest BCUT2D eigenvalue weighted by Gasteiger charge is 2.36. The number of aromatic nitrogens is 1. The van der Waals surface area contributed by atoms with Crippen molar-refractivity contribution in [3.05, 3.63) is 89.5 Å². The van der Waals surface area contributed by atoms with E-state index < -0.39 is 17.6 Å². The van der Waals surface area contributed by atoms with Gasteiger partial charge in [-0.3, -0.25) is 14.6 Å². The van der Waals surface area contributed by atoms with Crippen LogP contribution in [0, 0.1) is 5.82 Å². The molecule has 1 aliphatic rings. The fourth-order valence-corrected chi connectivity index (χ4v) is 2.80. The van der Waals surface area contributed by atoms with Gasteiger partial charge in [-0.2, -0.15) is 0 Å². The number of fused-ring (bicyclic) bond motifs is 1. The quantitative estimate of drug-likeness (QED) is 0.676. The Balaban J connectivity index is 1.57. The van der Waals surface area contributed by atoms with Crippen molar-refractivity contribution >= 4 is 17.5 Å². The molecule has 6 heteroatoms. The summed E-state index contributed by atoms with van der Waals surface area (Å²) in [6.45, 7) is 0.115. The molecule has 3 aromatic rings. The van der Waals surface area contributed by atoms with E-state index >= 15 is 0 Å². The molecule has 0 fully saturated rings. The van der Waals surface area contributed by atoms with Crippen molar-refractivity contribution in [2.24, 2.45) is 0 Å². The zero-order chi connectivity index (χ0) is 18.1. The molecule has 0 saturated carbocycles. The average molecular weight is 348 g/mol. The third kappa shape index (κ3) is 2.71. The van der Waals surface area contributed by atoms with Gasteiger partial charge in [-0.05, 0) is 36.4 Å². The van der Waals surface area contributed by atoms with E-state index in [1.165, 1.54) is 12.1 Å². The number of pyridine rings is 1. The van der Waals surface area contributed by atoms with Crippen LogP contribution in [0.15, 0.2) is 66.9 Å². The predicted octanol–water partition coefficient (Wildman–Crippen LogP) is 3.60. The van der Waals surface area contributed by atoms with Crippen LogP contribution in [0.5, 0.6) is 5.75 Å². The van der Waals surface area contributed by atoms with Gasteiger partial charge in [-0.25, -0.2) is 9.29 Å². The van der Waals surface area contributed by atoms with E-state index in [1.54, 1.807) is 42.6 Å². The highest BCUT2D eigenvalue weighted by molar-refractivity contribution is 6.34. The molecule has 0 saturated heterocycles. The lowest BCUT2D eigenvalue weighted by atomic mass is 10.1. The Morgan fingerprint density at radius 2 is 1.62 bits per heavy atom. The Bertz CT molecular complexity index is 970. The number of hydrogen-bond acceptors (Lipinski definition) is 4. The van der Waals surface area contributed by atoms with Crippen molar-refractivity contribution < 1.29 is 18.7 Å². The third-order valence-electron chi connectivity index (χ3n) is 4.07. The van der Waals surface area contributed by atoms with Gasteiger partial charge in [0.1, 0.15) is 6.61 Å². The molecule has 0 spiro atoms. The van der Waals surface area contributed by atoms with E-state index in [-0.39, 0.29) is 18.0 Å². The first kappa shape index (κ1) is 16.0. The first-order chi connectivity index (χ1) is 12.6. The number of carbonyl (C=O) groups is 2. The molecule has 128 valence electrons. The molecular formula is C20H13FN2O3. The number of nitrogens with zero attached hydrogens (tertiary/aromatic N) is 2. The van der Waals surface area contributed by atoms with E-state index in [0.717, 1.165) is 11.0 Å². The normalized spacial score (nSPS) is 13.0. The number of rotatable bonds is 4. The van der Waals surface area contributed by atoms with Gasteiger partial charge < -0.3 is 4.74 Å². The maximum absolute atomic E-state index is 14.4. The van der Waals surface area contributed by atoms with Gasteiger partial charge in [-0.1, -0.05) is 18.2 Å². The number of ether oxygens (including phenoxy) is 1. The van der Waals surface area contributed by atoms with Gasteiger partial charge in [0.2, 0.25) is 0 Å². The van der Waals surface area contributed by atoms with Gasteiger partial charge in [0, 0.05) is 12.3 Å². The number of carbonyl (C=O) groups excluding carboxylic acids is 2. The molecule has 0 bridgehead atoms. The van der Waals surface area contributed by atoms with Crippen LogP contribution >= 0.6 is 0 Å². The molecule has 1 aliphatic heterocycles. The molecule has 2 amide bonds. The fourth-order valence-electron chi connectivity index (χ4n) is 2.80. The van der Waals surface area contributed by atoms with Crippen LogP contribution in [0.25, 0.3) is 0 Å². The van der Waals surface area contributed by atoms with Crippen molar-refractivity contribution in [2.45, 2.75) is 6.61 Å². The zero-order valence-electron chi connectivity index (χ0n) is 13.6. The summed E-state index contributed by atoms with van der Waals surface area (Å²) in [6.07, 6.45) is 1.63. The highest BCUT2D eigenvalue weighted by atomic mass is 19.1. The third-order valence-corrected chi connectivity index (χ3v) is 4.07. The lowest BCUT2D eigenvalue weighted by Gasteiger charge is -2.15. The number of benzene rings is 2. The van der Waals surface area contributed by atoms with E-state index in [0.29, 0.717) is 16.8 Å². The summed E-state index contributed by atoms with van der Waals surface area (Å²) in [5.41, 5.74) is 1.46. The van der Waals surface area contributed by atoms with E-state index in [9.17, 15) is 14.0 Å². The maximum Gasteiger partial charge on any atom is 0.266 e. The summed E-state index contributed by atoms with van der Waals surface area (Å²) < 4.78 is 19.8. The number of anilines is 1. The summed E-state index contributed by atoms with van der Waals surface area (Å²) in [7, 11) is 0. The Hall–Kier alpha value is -3.54. The van der Waals surface area contributed by atoms with Gasteiger partial charge in [0.25, 0.3) is 11.8 Å². The van der Waals surface area contributed by atoms with Crippen molar-refractivity contribution in [3.8, 4) is 5.75 Å². The molecule has 0 N–H and O–H groups in total. The minimum atomic E-state index is -0.657. The number of halogens is 1. The minimum Gasteiger partial charge on any atom is -0.484 e. The van der Waals surface area contributed by atoms with Crippen molar-refractivity contribution in [1.82, 2.24) is 4.98 Å². The van der Waals surface area contributed by atoms with E-state index in [2.05, 4.69) is 4.98 Å². The van der Waals surface area contributed by atoms with Crippen LogP contribution in [0.1, 0.15) is 26.4 Å². The Labute approximate surface area is 148 Å². The van der Waals surface area contributed by atoms with Crippen molar-refractivity contribution in [2.75, 3.05) is 4.90 Å². The summed E-state index contributed by atoms with van der Waals surface area (Å²) in [5.74, 6) is -1.56. The van der Waals surface area contributed by atoms with Gasteiger partial charge in [0.15, 0.2) is 11.6 Å². The second-order valence-corrected chi connectivity index (χ2v) is 5.72. The summed E-state index contributed by atoms with van der Waals surface area (Å²) >= 11 is 0. The molecule has 0 atom stereocenters. The van der Waals surface area contributed by atoms with Gasteiger partial charge >= 0.3 is 0 Å². The number of hydrogen-bond donors (Lipinski definition) is 0. The molecule has 1 aromatic heterocycles. The molecule has 4 rings (SSSR count). The highest BCUT2D eigenvalue weighted by Crippen LogP contribution is 2.31. The predicted molar refractivity (Wildman–Crippen MR) is 92.6 cm³/mol. The van der Waals surface area contributed by atoms with Gasteiger partial charge in [0.05, 0.1) is 22.5 Å². The van der Waals surface area contributed by atoms with Crippen molar-refractivity contribution in [3.63, 3.8) is 0 Å². The van der Waals surface area contributed by atoms with Crippen LogP contribution in [0.2, 0.25) is 0 Å². The monoisotopic (exact) mass is 348 g/mol. The summed E-state index contributed by atoms with van der Waals surface area (Å²) in [5, 5.41) is 0. The lowest BCUT2D eigenvalue weighted by molar-refractivity contribution is 0.0926. The smallest absolute Gasteiger partial charge is 0.266 e. The molecular weight excluding hydrogens is 335 g/mol. The largest absolute Gasteiger partial charge is 0.484 e. The Kier molecular flexibility index (Phi) is 3.93. The summed E-state index contributed by atoms with van der Waals surface area (Å²) in [4.78, 5) is 30.0. The van der Waals surface area contributed by atoms with Crippen LogP contribution in [-0.2, 0) is 6.61 Å². The molecule has 0 aliphatic carbocycles. The molecule has 2 heterocycles. The molecule has 0 unspecified atom stereocenters. The molecule has 5 nitrogen and oxygen atoms in total. The van der Waals surface area contributed by atoms with Gasteiger partial charge in [-0.15, -0.1) is 0 Å². The minimum absolute atomic E-state index is 0.0241. The number of imide groups is 1. The second kappa shape index (κ2) is 6.40.